The van der Waals surface area contributed by atoms with Crippen LogP contribution in [0.3, 0.4) is 0 Å². The normalized spacial score (nSPS) is 11.9. The van der Waals surface area contributed by atoms with Gasteiger partial charge in [0.15, 0.2) is 6.61 Å². The van der Waals surface area contributed by atoms with Crippen LogP contribution in [0.5, 0.6) is 5.75 Å². The zero-order valence-corrected chi connectivity index (χ0v) is 9.60. The fourth-order valence-corrected chi connectivity index (χ4v) is 1.29. The van der Waals surface area contributed by atoms with Gasteiger partial charge in [-0.05, 0) is 31.0 Å². The summed E-state index contributed by atoms with van der Waals surface area (Å²) in [6.45, 7) is 1.89. The number of carbonyl (C=O) groups is 1. The molecule has 1 aromatic rings. The Morgan fingerprint density at radius 2 is 2.00 bits per heavy atom. The van der Waals surface area contributed by atoms with Crippen molar-refractivity contribution in [3.05, 3.63) is 29.8 Å². The third-order valence-corrected chi connectivity index (χ3v) is 2.07. The van der Waals surface area contributed by atoms with E-state index in [9.17, 15) is 4.79 Å². The zero-order valence-electron chi connectivity index (χ0n) is 9.60. The van der Waals surface area contributed by atoms with Crippen molar-refractivity contribution in [2.45, 2.75) is 19.4 Å². The molecule has 0 radical (unpaired) electrons. The molecule has 0 saturated carbocycles. The molecule has 1 atom stereocenters. The van der Waals surface area contributed by atoms with Crippen LogP contribution in [0.15, 0.2) is 24.3 Å². The molecule has 88 valence electrons. The predicted molar refractivity (Wildman–Crippen MR) is 61.3 cm³/mol. The maximum atomic E-state index is 10.8. The fourth-order valence-electron chi connectivity index (χ4n) is 1.29. The first-order valence-corrected chi connectivity index (χ1v) is 5.16. The number of esters is 1. The largest absolute Gasteiger partial charge is 0.482 e. The van der Waals surface area contributed by atoms with E-state index in [0.29, 0.717) is 5.75 Å². The maximum Gasteiger partial charge on any atom is 0.343 e. The molecule has 2 N–H and O–H groups in total. The standard InChI is InChI=1S/C12H17NO3/c1-9(13)7-10-3-5-11(6-4-10)16-8-12(14)15-2/h3-6,9H,7-8,13H2,1-2H3/t9-/m0/s1. The third-order valence-electron chi connectivity index (χ3n) is 2.07. The molecule has 0 spiro atoms. The summed E-state index contributed by atoms with van der Waals surface area (Å²) in [5.74, 6) is 0.262. The smallest absolute Gasteiger partial charge is 0.343 e. The topological polar surface area (TPSA) is 61.5 Å². The highest BCUT2D eigenvalue weighted by Gasteiger charge is 2.02. The molecule has 1 rings (SSSR count). The summed E-state index contributed by atoms with van der Waals surface area (Å²) in [6.07, 6.45) is 0.831. The average molecular weight is 223 g/mol. The molecule has 0 fully saturated rings. The second-order valence-corrected chi connectivity index (χ2v) is 3.69. The van der Waals surface area contributed by atoms with Crippen LogP contribution in [-0.4, -0.2) is 25.7 Å². The molecule has 0 aliphatic carbocycles. The lowest BCUT2D eigenvalue weighted by Crippen LogP contribution is -2.17. The van der Waals surface area contributed by atoms with Gasteiger partial charge in [-0.1, -0.05) is 12.1 Å². The summed E-state index contributed by atoms with van der Waals surface area (Å²) < 4.78 is 9.68. The van der Waals surface area contributed by atoms with Gasteiger partial charge in [-0.25, -0.2) is 4.79 Å². The number of hydrogen-bond donors (Lipinski definition) is 1. The summed E-state index contributed by atoms with van der Waals surface area (Å²) in [7, 11) is 1.33. The van der Waals surface area contributed by atoms with Crippen molar-refractivity contribution in [1.29, 1.82) is 0 Å². The van der Waals surface area contributed by atoms with Gasteiger partial charge in [0.25, 0.3) is 0 Å². The molecule has 4 heteroatoms. The average Bonchev–Trinajstić information content (AvgIpc) is 2.27. The van der Waals surface area contributed by atoms with Crippen molar-refractivity contribution in [3.8, 4) is 5.75 Å². The Kier molecular flexibility index (Phi) is 4.79. The lowest BCUT2D eigenvalue weighted by atomic mass is 10.1. The van der Waals surface area contributed by atoms with Crippen LogP contribution in [0.1, 0.15) is 12.5 Å². The van der Waals surface area contributed by atoms with Gasteiger partial charge >= 0.3 is 5.97 Å². The van der Waals surface area contributed by atoms with E-state index >= 15 is 0 Å². The maximum absolute atomic E-state index is 10.8. The Balaban J connectivity index is 2.48. The van der Waals surface area contributed by atoms with Gasteiger partial charge in [-0.2, -0.15) is 0 Å². The fraction of sp³-hybridized carbons (Fsp3) is 0.417. The first-order chi connectivity index (χ1) is 7.61. The van der Waals surface area contributed by atoms with Crippen molar-refractivity contribution >= 4 is 5.97 Å². The monoisotopic (exact) mass is 223 g/mol. The molecule has 16 heavy (non-hydrogen) atoms. The molecule has 0 unspecified atom stereocenters. The number of ether oxygens (including phenoxy) is 2. The third kappa shape index (κ3) is 4.31. The Morgan fingerprint density at radius 3 is 2.50 bits per heavy atom. The second-order valence-electron chi connectivity index (χ2n) is 3.69. The quantitative estimate of drug-likeness (QED) is 0.760. The highest BCUT2D eigenvalue weighted by Crippen LogP contribution is 2.13. The molecule has 0 aromatic heterocycles. The van der Waals surface area contributed by atoms with E-state index in [1.165, 1.54) is 7.11 Å². The van der Waals surface area contributed by atoms with E-state index in [4.69, 9.17) is 10.5 Å². The van der Waals surface area contributed by atoms with E-state index in [1.54, 1.807) is 0 Å². The van der Waals surface area contributed by atoms with Crippen LogP contribution < -0.4 is 10.5 Å². The van der Waals surface area contributed by atoms with E-state index in [1.807, 2.05) is 31.2 Å². The van der Waals surface area contributed by atoms with Crippen LogP contribution >= 0.6 is 0 Å². The molecule has 0 aliphatic heterocycles. The minimum atomic E-state index is -0.389. The summed E-state index contributed by atoms with van der Waals surface area (Å²) in [5.41, 5.74) is 6.84. The van der Waals surface area contributed by atoms with Crippen LogP contribution in [0.25, 0.3) is 0 Å². The number of nitrogens with two attached hydrogens (primary N) is 1. The summed E-state index contributed by atoms with van der Waals surface area (Å²) >= 11 is 0. The van der Waals surface area contributed by atoms with E-state index in [0.717, 1.165) is 12.0 Å². The van der Waals surface area contributed by atoms with E-state index in [-0.39, 0.29) is 18.6 Å². The number of benzene rings is 1. The summed E-state index contributed by atoms with van der Waals surface area (Å²) in [6, 6.07) is 7.66. The molecule has 0 bridgehead atoms. The van der Waals surface area contributed by atoms with Gasteiger partial charge in [0, 0.05) is 6.04 Å². The van der Waals surface area contributed by atoms with Crippen molar-refractivity contribution in [1.82, 2.24) is 0 Å². The Morgan fingerprint density at radius 1 is 1.38 bits per heavy atom. The molecule has 4 nitrogen and oxygen atoms in total. The van der Waals surface area contributed by atoms with Gasteiger partial charge in [0.05, 0.1) is 7.11 Å². The SMILES string of the molecule is COC(=O)COc1ccc(C[C@H](C)N)cc1. The van der Waals surface area contributed by atoms with Gasteiger partial charge < -0.3 is 15.2 Å². The highest BCUT2D eigenvalue weighted by molar-refractivity contribution is 5.70. The molecule has 1 aromatic carbocycles. The first-order valence-electron chi connectivity index (χ1n) is 5.16. The predicted octanol–water partition coefficient (Wildman–Crippen LogP) is 1.13. The minimum Gasteiger partial charge on any atom is -0.482 e. The first kappa shape index (κ1) is 12.5. The Hall–Kier alpha value is -1.55. The summed E-state index contributed by atoms with van der Waals surface area (Å²) in [4.78, 5) is 10.8. The van der Waals surface area contributed by atoms with Crippen LogP contribution in [0, 0.1) is 0 Å². The van der Waals surface area contributed by atoms with Gasteiger partial charge in [-0.15, -0.1) is 0 Å². The second kappa shape index (κ2) is 6.12. The number of methoxy groups -OCH3 is 1. The summed E-state index contributed by atoms with van der Waals surface area (Å²) in [5, 5.41) is 0. The van der Waals surface area contributed by atoms with Crippen molar-refractivity contribution in [2.24, 2.45) is 5.73 Å². The lowest BCUT2D eigenvalue weighted by molar-refractivity contribution is -0.142. The van der Waals surface area contributed by atoms with Crippen molar-refractivity contribution in [2.75, 3.05) is 13.7 Å². The molecule has 0 amide bonds. The van der Waals surface area contributed by atoms with Crippen LogP contribution in [0.4, 0.5) is 0 Å². The van der Waals surface area contributed by atoms with Crippen LogP contribution in [-0.2, 0) is 16.0 Å². The molecule has 0 saturated heterocycles. The Labute approximate surface area is 95.3 Å². The van der Waals surface area contributed by atoms with E-state index < -0.39 is 0 Å². The molecule has 0 aliphatic rings. The van der Waals surface area contributed by atoms with Crippen molar-refractivity contribution in [3.63, 3.8) is 0 Å². The number of carbonyl (C=O) groups excluding carboxylic acids is 1. The van der Waals surface area contributed by atoms with Gasteiger partial charge in [0.1, 0.15) is 5.75 Å². The van der Waals surface area contributed by atoms with E-state index in [2.05, 4.69) is 4.74 Å². The van der Waals surface area contributed by atoms with Gasteiger partial charge in [0.2, 0.25) is 0 Å². The molecular weight excluding hydrogens is 206 g/mol. The Bertz CT molecular complexity index is 333. The number of rotatable bonds is 5. The van der Waals surface area contributed by atoms with Crippen LogP contribution in [0.2, 0.25) is 0 Å². The zero-order chi connectivity index (χ0) is 12.0. The molecule has 0 heterocycles. The lowest BCUT2D eigenvalue weighted by Gasteiger charge is -2.07. The number of hydrogen-bond acceptors (Lipinski definition) is 4. The van der Waals surface area contributed by atoms with Gasteiger partial charge in [-0.3, -0.25) is 0 Å². The molecular formula is C12H17NO3. The highest BCUT2D eigenvalue weighted by atomic mass is 16.6. The minimum absolute atomic E-state index is 0.0663. The van der Waals surface area contributed by atoms with Crippen molar-refractivity contribution < 1.29 is 14.3 Å².